The summed E-state index contributed by atoms with van der Waals surface area (Å²) in [6.45, 7) is 5.07. The molecule has 1 saturated carbocycles. The number of benzene rings is 1. The number of aromatic nitrogens is 4. The summed E-state index contributed by atoms with van der Waals surface area (Å²) in [5.74, 6) is 1.77. The molecule has 0 bridgehead atoms. The zero-order valence-corrected chi connectivity index (χ0v) is 24.4. The fraction of sp³-hybridized carbons (Fsp3) is 0.613. The van der Waals surface area contributed by atoms with E-state index in [1.54, 1.807) is 30.3 Å². The summed E-state index contributed by atoms with van der Waals surface area (Å²) in [4.78, 5) is 28.3. The first-order chi connectivity index (χ1) is 21.0. The molecule has 1 N–H and O–H groups in total. The highest BCUT2D eigenvalue weighted by atomic mass is 19.3. The SMILES string of the molecule is O=C(NCCC1CCOCC1)C1CCC(COc2cc(-n3c(C(F)F)nc4ccccc43)nc(N3CCOCC3)n2)CC1. The van der Waals surface area contributed by atoms with Crippen molar-refractivity contribution < 1.29 is 27.8 Å². The van der Waals surface area contributed by atoms with Crippen LogP contribution < -0.4 is 15.0 Å². The number of fused-ring (bicyclic) bond motifs is 1. The highest BCUT2D eigenvalue weighted by Crippen LogP contribution is 2.32. The Hall–Kier alpha value is -3.38. The highest BCUT2D eigenvalue weighted by molar-refractivity contribution is 5.79. The van der Waals surface area contributed by atoms with Crippen LogP contribution in [0.3, 0.4) is 0 Å². The third-order valence-corrected chi connectivity index (χ3v) is 8.86. The van der Waals surface area contributed by atoms with E-state index >= 15 is 0 Å². The first-order valence-corrected chi connectivity index (χ1v) is 15.5. The highest BCUT2D eigenvalue weighted by Gasteiger charge is 2.28. The molecule has 12 heteroatoms. The molecule has 4 heterocycles. The molecule has 232 valence electrons. The van der Waals surface area contributed by atoms with Gasteiger partial charge in [0.05, 0.1) is 30.9 Å². The van der Waals surface area contributed by atoms with Crippen LogP contribution in [0, 0.1) is 17.8 Å². The maximum absolute atomic E-state index is 14.1. The number of amides is 1. The van der Waals surface area contributed by atoms with Gasteiger partial charge < -0.3 is 24.4 Å². The second kappa shape index (κ2) is 13.9. The molecule has 6 rings (SSSR count). The van der Waals surface area contributed by atoms with Crippen molar-refractivity contribution in [2.45, 2.75) is 51.4 Å². The number of carbonyl (C=O) groups excluding carboxylic acids is 1. The van der Waals surface area contributed by atoms with Gasteiger partial charge in [0.15, 0.2) is 5.82 Å². The first-order valence-electron chi connectivity index (χ1n) is 15.5. The zero-order valence-electron chi connectivity index (χ0n) is 24.4. The lowest BCUT2D eigenvalue weighted by Gasteiger charge is -2.29. The van der Waals surface area contributed by atoms with Crippen LogP contribution in [0.25, 0.3) is 16.9 Å². The lowest BCUT2D eigenvalue weighted by Crippen LogP contribution is -2.37. The van der Waals surface area contributed by atoms with Crippen molar-refractivity contribution in [3.05, 3.63) is 36.2 Å². The van der Waals surface area contributed by atoms with Crippen molar-refractivity contribution in [3.63, 3.8) is 0 Å². The summed E-state index contributed by atoms with van der Waals surface area (Å²) < 4.78 is 46.8. The van der Waals surface area contributed by atoms with Crippen LogP contribution in [0.4, 0.5) is 14.7 Å². The van der Waals surface area contributed by atoms with Crippen LogP contribution in [0.2, 0.25) is 0 Å². The number of hydrogen-bond acceptors (Lipinski definition) is 8. The fourth-order valence-corrected chi connectivity index (χ4v) is 6.30. The number of anilines is 1. The molecule has 0 spiro atoms. The summed E-state index contributed by atoms with van der Waals surface area (Å²) in [5, 5.41) is 3.15. The molecule has 3 fully saturated rings. The lowest BCUT2D eigenvalue weighted by molar-refractivity contribution is -0.126. The Bertz CT molecular complexity index is 1370. The summed E-state index contributed by atoms with van der Waals surface area (Å²) in [5.41, 5.74) is 1.01. The van der Waals surface area contributed by atoms with E-state index in [0.29, 0.717) is 61.7 Å². The molecular formula is C31H40F2N6O4. The van der Waals surface area contributed by atoms with Crippen molar-refractivity contribution >= 4 is 22.9 Å². The quantitative estimate of drug-likeness (QED) is 0.358. The molecule has 0 atom stereocenters. The summed E-state index contributed by atoms with van der Waals surface area (Å²) in [7, 11) is 0. The summed E-state index contributed by atoms with van der Waals surface area (Å²) in [6.07, 6.45) is 3.80. The molecule has 3 aliphatic rings. The van der Waals surface area contributed by atoms with Crippen molar-refractivity contribution in [2.75, 3.05) is 57.6 Å². The molecular weight excluding hydrogens is 558 g/mol. The zero-order chi connectivity index (χ0) is 29.6. The predicted octanol–water partition coefficient (Wildman–Crippen LogP) is 4.71. The molecule has 43 heavy (non-hydrogen) atoms. The van der Waals surface area contributed by atoms with Gasteiger partial charge in [-0.1, -0.05) is 12.1 Å². The second-order valence-corrected chi connectivity index (χ2v) is 11.7. The van der Waals surface area contributed by atoms with E-state index < -0.39 is 6.43 Å². The second-order valence-electron chi connectivity index (χ2n) is 11.7. The van der Waals surface area contributed by atoms with E-state index in [2.05, 4.69) is 20.3 Å². The number of nitrogens with one attached hydrogen (secondary N) is 1. The minimum Gasteiger partial charge on any atom is -0.477 e. The molecule has 1 aliphatic carbocycles. The average Bonchev–Trinajstić information content (AvgIpc) is 3.45. The molecule has 10 nitrogen and oxygen atoms in total. The Morgan fingerprint density at radius 1 is 0.953 bits per heavy atom. The van der Waals surface area contributed by atoms with Crippen LogP contribution >= 0.6 is 0 Å². The smallest absolute Gasteiger partial charge is 0.296 e. The van der Waals surface area contributed by atoms with Crippen molar-refractivity contribution in [1.29, 1.82) is 0 Å². The minimum absolute atomic E-state index is 0.0341. The van der Waals surface area contributed by atoms with Crippen LogP contribution in [0.5, 0.6) is 5.88 Å². The number of morpholine rings is 1. The number of ether oxygens (including phenoxy) is 3. The van der Waals surface area contributed by atoms with E-state index in [1.165, 1.54) is 4.57 Å². The average molecular weight is 599 g/mol. The number of hydrogen-bond donors (Lipinski definition) is 1. The number of nitrogens with zero attached hydrogens (tertiary/aromatic N) is 5. The van der Waals surface area contributed by atoms with E-state index in [4.69, 9.17) is 14.2 Å². The Labute approximate surface area is 250 Å². The van der Waals surface area contributed by atoms with Gasteiger partial charge in [-0.25, -0.2) is 13.8 Å². The van der Waals surface area contributed by atoms with E-state index in [1.807, 2.05) is 4.90 Å². The van der Waals surface area contributed by atoms with Gasteiger partial charge in [0.2, 0.25) is 17.7 Å². The van der Waals surface area contributed by atoms with Crippen molar-refractivity contribution in [2.24, 2.45) is 17.8 Å². The predicted molar refractivity (Wildman–Crippen MR) is 157 cm³/mol. The summed E-state index contributed by atoms with van der Waals surface area (Å²) in [6, 6.07) is 8.64. The minimum atomic E-state index is -2.78. The molecule has 2 saturated heterocycles. The molecule has 1 aromatic carbocycles. The molecule has 0 unspecified atom stereocenters. The van der Waals surface area contributed by atoms with Gasteiger partial charge >= 0.3 is 0 Å². The van der Waals surface area contributed by atoms with Crippen molar-refractivity contribution in [1.82, 2.24) is 24.8 Å². The Morgan fingerprint density at radius 2 is 1.70 bits per heavy atom. The van der Waals surface area contributed by atoms with Crippen LogP contribution in [-0.4, -0.2) is 78.1 Å². The largest absolute Gasteiger partial charge is 0.477 e. The molecule has 0 radical (unpaired) electrons. The van der Waals surface area contributed by atoms with Gasteiger partial charge in [-0.15, -0.1) is 0 Å². The van der Waals surface area contributed by atoms with Crippen LogP contribution in [0.1, 0.15) is 57.2 Å². The molecule has 2 aliphatic heterocycles. The van der Waals surface area contributed by atoms with Gasteiger partial charge in [-0.3, -0.25) is 9.36 Å². The number of para-hydroxylation sites is 2. The van der Waals surface area contributed by atoms with Gasteiger partial charge in [0.1, 0.15) is 5.82 Å². The number of halogens is 2. The first kappa shape index (κ1) is 29.7. The number of imidazole rings is 1. The van der Waals surface area contributed by atoms with E-state index in [9.17, 15) is 13.6 Å². The van der Waals surface area contributed by atoms with E-state index in [-0.39, 0.29) is 29.4 Å². The van der Waals surface area contributed by atoms with Gasteiger partial charge in [-0.2, -0.15) is 9.97 Å². The molecule has 1 amide bonds. The monoisotopic (exact) mass is 598 g/mol. The topological polar surface area (TPSA) is 104 Å². The van der Waals surface area contributed by atoms with Crippen molar-refractivity contribution in [3.8, 4) is 11.7 Å². The number of carbonyl (C=O) groups is 1. The standard InChI is InChI=1S/C31H40F2N6O4/c32-28(33)29-35-24-3-1-2-4-25(24)39(29)26-19-27(37-31(36-26)38-13-17-42-18-14-38)43-20-22-5-7-23(8-6-22)30(40)34-12-9-21-10-15-41-16-11-21/h1-4,19,21-23,28H,5-18,20H2,(H,34,40). The Morgan fingerprint density at radius 3 is 2.47 bits per heavy atom. The number of alkyl halides is 2. The lowest BCUT2D eigenvalue weighted by atomic mass is 9.82. The Kier molecular flexibility index (Phi) is 9.62. The molecule has 3 aromatic rings. The van der Waals surface area contributed by atoms with Gasteiger partial charge in [-0.05, 0) is 68.9 Å². The maximum Gasteiger partial charge on any atom is 0.296 e. The number of rotatable bonds is 10. The van der Waals surface area contributed by atoms with Crippen LogP contribution in [-0.2, 0) is 14.3 Å². The van der Waals surface area contributed by atoms with E-state index in [0.717, 1.165) is 64.7 Å². The van der Waals surface area contributed by atoms with Gasteiger partial charge in [0, 0.05) is 44.8 Å². The fourth-order valence-electron chi connectivity index (χ4n) is 6.30. The van der Waals surface area contributed by atoms with Crippen LogP contribution in [0.15, 0.2) is 30.3 Å². The summed E-state index contributed by atoms with van der Waals surface area (Å²) >= 11 is 0. The van der Waals surface area contributed by atoms with Gasteiger partial charge in [0.25, 0.3) is 6.43 Å². The third kappa shape index (κ3) is 7.23. The molecule has 2 aromatic heterocycles. The third-order valence-electron chi connectivity index (χ3n) is 8.86. The normalized spacial score (nSPS) is 21.8. The Balaban J connectivity index is 1.11. The maximum atomic E-state index is 14.1.